The summed E-state index contributed by atoms with van der Waals surface area (Å²) in [6.07, 6.45) is 0. The van der Waals surface area contributed by atoms with E-state index in [1.807, 2.05) is 12.3 Å². The number of nitrogens with two attached hydrogens (primary N) is 1. The Labute approximate surface area is 51.9 Å². The van der Waals surface area contributed by atoms with Gasteiger partial charge in [0.05, 0.1) is 0 Å². The Hall–Kier alpha value is -0.440. The number of hydrogen-bond acceptors (Lipinski definition) is 2. The maximum absolute atomic E-state index is 5.40. The number of rotatable bonds is 0. The van der Waals surface area contributed by atoms with E-state index >= 15 is 0 Å². The Morgan fingerprint density at radius 2 is 2.38 bits per heavy atom. The summed E-state index contributed by atoms with van der Waals surface area (Å²) in [5, 5.41) is 2.55. The summed E-state index contributed by atoms with van der Waals surface area (Å²) in [7, 11) is 1.50. The molecule has 0 fully saturated rings. The predicted octanol–water partition coefficient (Wildman–Crippen LogP) is -0.197. The van der Waals surface area contributed by atoms with Gasteiger partial charge in [0.15, 0.2) is 0 Å². The monoisotopic (exact) mass is 131 g/mol. The summed E-state index contributed by atoms with van der Waals surface area (Å²) in [5.74, 6) is 3.74. The first-order valence-corrected chi connectivity index (χ1v) is 3.72. The Balaban J connectivity index is 4.28. The van der Waals surface area contributed by atoms with Gasteiger partial charge < -0.3 is 20.8 Å². The molecule has 0 aliphatic rings. The van der Waals surface area contributed by atoms with E-state index in [4.69, 9.17) is 5.73 Å². The molecule has 48 valence electrons. The Bertz CT molecular complexity index is 163. The molecular weight excluding hydrogens is 120 g/mol. The van der Waals surface area contributed by atoms with E-state index in [9.17, 15) is 0 Å². The van der Waals surface area contributed by atoms with Crippen LogP contribution in [0.1, 0.15) is 6.92 Å². The summed E-state index contributed by atoms with van der Waals surface area (Å²) in [5.41, 5.74) is 5.40. The standard InChI is InChI=1S/C5H11N2S/c1-4-8(3)5(6)7-2/h4H,3H2,1-2H3,(H2,6,7)/q-1. The second kappa shape index (κ2) is 3.55. The summed E-state index contributed by atoms with van der Waals surface area (Å²) in [4.78, 5) is 3.77. The van der Waals surface area contributed by atoms with Gasteiger partial charge >= 0.3 is 0 Å². The minimum Gasteiger partial charge on any atom is -0.421 e. The van der Waals surface area contributed by atoms with Gasteiger partial charge in [0.25, 0.3) is 0 Å². The van der Waals surface area contributed by atoms with Crippen molar-refractivity contribution in [3.05, 3.63) is 0 Å². The second-order valence-electron chi connectivity index (χ2n) is 1.23. The van der Waals surface area contributed by atoms with E-state index in [0.717, 1.165) is 0 Å². The zero-order chi connectivity index (χ0) is 6.57. The van der Waals surface area contributed by atoms with Crippen LogP contribution in [0.5, 0.6) is 0 Å². The number of hydrogen-bond donors (Lipinski definition) is 1. The van der Waals surface area contributed by atoms with Crippen molar-refractivity contribution >= 4 is 26.5 Å². The van der Waals surface area contributed by atoms with Gasteiger partial charge in [-0.05, 0) is 5.17 Å². The van der Waals surface area contributed by atoms with E-state index in [1.165, 1.54) is 0 Å². The molecule has 0 aromatic heterocycles. The fraction of sp³-hybridized carbons (Fsp3) is 0.400. The average Bonchev–Trinajstić information content (AvgIpc) is 1.84. The molecule has 0 rings (SSSR count). The number of amidine groups is 1. The molecule has 0 aliphatic carbocycles. The van der Waals surface area contributed by atoms with E-state index in [0.29, 0.717) is 5.17 Å². The molecule has 8 heavy (non-hydrogen) atoms. The molecular formula is C5H11N2S-. The topological polar surface area (TPSA) is 38.4 Å². The molecule has 0 atom stereocenters. The lowest BCUT2D eigenvalue weighted by atomic mass is 11.0. The third-order valence-electron chi connectivity index (χ3n) is 0.774. The first-order chi connectivity index (χ1) is 3.72. The lowest BCUT2D eigenvalue weighted by Gasteiger charge is -2.04. The summed E-state index contributed by atoms with van der Waals surface area (Å²) in [6, 6.07) is 0. The molecule has 0 bridgehead atoms. The smallest absolute Gasteiger partial charge is 0.0274 e. The average molecular weight is 131 g/mol. The van der Waals surface area contributed by atoms with Crippen molar-refractivity contribution < 1.29 is 0 Å². The van der Waals surface area contributed by atoms with Gasteiger partial charge in [0.2, 0.25) is 0 Å². The van der Waals surface area contributed by atoms with Gasteiger partial charge in [-0.1, -0.05) is 6.92 Å². The van der Waals surface area contributed by atoms with E-state index in [2.05, 4.69) is 10.9 Å². The number of aliphatic imine (C=N–C) groups is 1. The lowest BCUT2D eigenvalue weighted by Crippen LogP contribution is -2.13. The van der Waals surface area contributed by atoms with Crippen molar-refractivity contribution in [2.75, 3.05) is 7.05 Å². The first-order valence-electron chi connectivity index (χ1n) is 2.27. The third-order valence-corrected chi connectivity index (χ3v) is 2.06. The predicted molar refractivity (Wildman–Crippen MR) is 43.8 cm³/mol. The van der Waals surface area contributed by atoms with Crippen molar-refractivity contribution in [2.24, 2.45) is 10.7 Å². The molecule has 0 radical (unpaired) electrons. The highest BCUT2D eigenvalue weighted by atomic mass is 32.2. The van der Waals surface area contributed by atoms with Crippen LogP contribution in [0.2, 0.25) is 0 Å². The molecule has 2 nitrogen and oxygen atoms in total. The van der Waals surface area contributed by atoms with Gasteiger partial charge in [-0.25, -0.2) is 11.2 Å². The highest BCUT2D eigenvalue weighted by molar-refractivity contribution is 8.06. The highest BCUT2D eigenvalue weighted by Crippen LogP contribution is 1.65. The largest absolute Gasteiger partial charge is 0.421 e. The summed E-state index contributed by atoms with van der Waals surface area (Å²) in [6.45, 7) is 1.92. The Kier molecular flexibility index (Phi) is 3.35. The SMILES string of the molecule is C=[S-](=CC)C(N)=NC. The van der Waals surface area contributed by atoms with Gasteiger partial charge in [-0.3, -0.25) is 0 Å². The molecule has 3 heteroatoms. The molecule has 0 saturated heterocycles. The van der Waals surface area contributed by atoms with Crippen LogP contribution in [0.25, 0.3) is 0 Å². The van der Waals surface area contributed by atoms with Crippen LogP contribution in [-0.2, 0) is 10.1 Å². The van der Waals surface area contributed by atoms with Gasteiger partial charge in [-0.2, -0.15) is 0 Å². The Morgan fingerprint density at radius 1 is 1.88 bits per heavy atom. The van der Waals surface area contributed by atoms with Crippen LogP contribution >= 0.6 is 0 Å². The van der Waals surface area contributed by atoms with Crippen molar-refractivity contribution in [1.82, 2.24) is 0 Å². The van der Waals surface area contributed by atoms with Gasteiger partial charge in [0, 0.05) is 7.05 Å². The molecule has 0 aromatic rings. The minimum atomic E-state index is -0.169. The van der Waals surface area contributed by atoms with Crippen LogP contribution in [0.15, 0.2) is 4.99 Å². The van der Waals surface area contributed by atoms with E-state index < -0.39 is 0 Å². The zero-order valence-electron chi connectivity index (χ0n) is 5.22. The maximum atomic E-state index is 5.40. The zero-order valence-corrected chi connectivity index (χ0v) is 6.03. The van der Waals surface area contributed by atoms with Crippen molar-refractivity contribution in [1.29, 1.82) is 0 Å². The fourth-order valence-corrected chi connectivity index (χ4v) is 0.714. The van der Waals surface area contributed by atoms with Crippen LogP contribution in [0.4, 0.5) is 0 Å². The molecule has 0 aromatic carbocycles. The first kappa shape index (κ1) is 7.56. The molecule has 0 unspecified atom stereocenters. The van der Waals surface area contributed by atoms with Gasteiger partial charge in [-0.15, -0.1) is 0 Å². The quantitative estimate of drug-likeness (QED) is 0.210. The highest BCUT2D eigenvalue weighted by Gasteiger charge is 1.62. The third kappa shape index (κ3) is 2.02. The van der Waals surface area contributed by atoms with Gasteiger partial charge in [0.1, 0.15) is 0 Å². The lowest BCUT2D eigenvalue weighted by molar-refractivity contribution is 1.44. The van der Waals surface area contributed by atoms with Crippen molar-refractivity contribution in [2.45, 2.75) is 6.92 Å². The molecule has 2 N–H and O–H groups in total. The van der Waals surface area contributed by atoms with Crippen LogP contribution in [-0.4, -0.2) is 23.5 Å². The molecule has 0 amide bonds. The molecule has 0 heterocycles. The fourth-order valence-electron chi connectivity index (χ4n) is 0.238. The van der Waals surface area contributed by atoms with Crippen LogP contribution in [0.3, 0.4) is 0 Å². The normalized spacial score (nSPS) is 16.5. The Morgan fingerprint density at radius 3 is 2.50 bits per heavy atom. The molecule has 0 spiro atoms. The summed E-state index contributed by atoms with van der Waals surface area (Å²) < 4.78 is 0. The van der Waals surface area contributed by atoms with E-state index in [-0.39, 0.29) is 10.1 Å². The van der Waals surface area contributed by atoms with E-state index in [1.54, 1.807) is 7.05 Å². The maximum Gasteiger partial charge on any atom is 0.0274 e. The second-order valence-corrected chi connectivity index (χ2v) is 2.97. The van der Waals surface area contributed by atoms with Crippen LogP contribution < -0.4 is 5.73 Å². The molecule has 0 aliphatic heterocycles. The molecule has 0 saturated carbocycles. The minimum absolute atomic E-state index is 0.169. The van der Waals surface area contributed by atoms with Crippen molar-refractivity contribution in [3.8, 4) is 0 Å². The number of nitrogens with zero attached hydrogens (tertiary/aromatic N) is 1. The summed E-state index contributed by atoms with van der Waals surface area (Å²) >= 11 is 0. The van der Waals surface area contributed by atoms with Crippen molar-refractivity contribution in [3.63, 3.8) is 0 Å². The van der Waals surface area contributed by atoms with Crippen LogP contribution in [0, 0.1) is 0 Å².